The minimum absolute atomic E-state index is 0.0950. The molecule has 0 atom stereocenters. The highest BCUT2D eigenvalue weighted by Gasteiger charge is 2.08. The van der Waals surface area contributed by atoms with E-state index in [4.69, 9.17) is 4.74 Å². The van der Waals surface area contributed by atoms with E-state index in [-0.39, 0.29) is 11.3 Å². The summed E-state index contributed by atoms with van der Waals surface area (Å²) >= 11 is 3.21. The lowest BCUT2D eigenvalue weighted by atomic mass is 10.2. The van der Waals surface area contributed by atoms with Gasteiger partial charge in [0.15, 0.2) is 6.29 Å². The van der Waals surface area contributed by atoms with Gasteiger partial charge in [0, 0.05) is 10.5 Å². The second kappa shape index (κ2) is 5.69. The monoisotopic (exact) mass is 306 g/mol. The summed E-state index contributed by atoms with van der Waals surface area (Å²) in [7, 11) is 0. The van der Waals surface area contributed by atoms with Gasteiger partial charge in [0.25, 0.3) is 0 Å². The van der Waals surface area contributed by atoms with Gasteiger partial charge in [0.2, 0.25) is 0 Å². The van der Waals surface area contributed by atoms with Gasteiger partial charge in [-0.2, -0.15) is 0 Å². The van der Waals surface area contributed by atoms with Crippen LogP contribution in [0.1, 0.15) is 15.9 Å². The van der Waals surface area contributed by atoms with Gasteiger partial charge in [-0.25, -0.2) is 0 Å². The Morgan fingerprint density at radius 3 is 2.56 bits per heavy atom. The standard InChI is InChI=1S/C14H11BrO3/c15-13-6-11(7-14(17)12(13)8-16)18-9-10-4-2-1-3-5-10/h1-8,17H,9H2. The second-order valence-electron chi connectivity index (χ2n) is 3.73. The molecule has 0 aliphatic carbocycles. The first kappa shape index (κ1) is 12.6. The summed E-state index contributed by atoms with van der Waals surface area (Å²) in [6.45, 7) is 0.410. The van der Waals surface area contributed by atoms with Crippen molar-refractivity contribution >= 4 is 22.2 Å². The Morgan fingerprint density at radius 2 is 1.94 bits per heavy atom. The molecule has 0 heterocycles. The molecule has 0 aliphatic rings. The van der Waals surface area contributed by atoms with Crippen molar-refractivity contribution in [2.45, 2.75) is 6.61 Å². The number of aromatic hydroxyl groups is 1. The fourth-order valence-corrected chi connectivity index (χ4v) is 2.04. The lowest BCUT2D eigenvalue weighted by Gasteiger charge is -2.08. The zero-order valence-electron chi connectivity index (χ0n) is 9.47. The average Bonchev–Trinajstić information content (AvgIpc) is 2.37. The molecule has 0 saturated heterocycles. The maximum atomic E-state index is 10.7. The first-order valence-corrected chi connectivity index (χ1v) is 6.14. The largest absolute Gasteiger partial charge is 0.507 e. The Morgan fingerprint density at radius 1 is 1.22 bits per heavy atom. The van der Waals surface area contributed by atoms with E-state index in [2.05, 4.69) is 15.9 Å². The van der Waals surface area contributed by atoms with Gasteiger partial charge in [-0.1, -0.05) is 30.3 Å². The number of hydrogen-bond acceptors (Lipinski definition) is 3. The van der Waals surface area contributed by atoms with E-state index in [0.717, 1.165) is 5.56 Å². The summed E-state index contributed by atoms with van der Waals surface area (Å²) in [6.07, 6.45) is 0.598. The van der Waals surface area contributed by atoms with E-state index in [9.17, 15) is 9.90 Å². The SMILES string of the molecule is O=Cc1c(O)cc(OCc2ccccc2)cc1Br. The van der Waals surface area contributed by atoms with Crippen molar-refractivity contribution in [3.05, 3.63) is 58.1 Å². The molecule has 0 amide bonds. The lowest BCUT2D eigenvalue weighted by Crippen LogP contribution is -1.96. The Bertz CT molecular complexity index is 529. The van der Waals surface area contributed by atoms with Gasteiger partial charge < -0.3 is 9.84 Å². The van der Waals surface area contributed by atoms with Crippen molar-refractivity contribution in [3.8, 4) is 11.5 Å². The van der Waals surface area contributed by atoms with Crippen LogP contribution in [0.3, 0.4) is 0 Å². The van der Waals surface area contributed by atoms with Crippen LogP contribution in [-0.4, -0.2) is 11.4 Å². The molecule has 4 heteroatoms. The summed E-state index contributed by atoms with van der Waals surface area (Å²) in [5.41, 5.74) is 1.26. The highest BCUT2D eigenvalue weighted by Crippen LogP contribution is 2.30. The highest BCUT2D eigenvalue weighted by atomic mass is 79.9. The van der Waals surface area contributed by atoms with E-state index in [0.29, 0.717) is 23.1 Å². The van der Waals surface area contributed by atoms with Gasteiger partial charge >= 0.3 is 0 Å². The molecule has 0 saturated carbocycles. The molecule has 2 aromatic carbocycles. The first-order valence-electron chi connectivity index (χ1n) is 5.35. The minimum atomic E-state index is -0.0950. The molecule has 0 spiro atoms. The predicted octanol–water partition coefficient (Wildman–Crippen LogP) is 3.55. The van der Waals surface area contributed by atoms with E-state index in [1.165, 1.54) is 6.07 Å². The molecule has 2 aromatic rings. The Balaban J connectivity index is 2.13. The number of hydrogen-bond donors (Lipinski definition) is 1. The maximum absolute atomic E-state index is 10.7. The van der Waals surface area contributed by atoms with Gasteiger partial charge in [-0.05, 0) is 27.6 Å². The molecule has 0 radical (unpaired) electrons. The Labute approximate surface area is 113 Å². The third-order valence-corrected chi connectivity index (χ3v) is 3.10. The number of aldehydes is 1. The van der Waals surface area contributed by atoms with Crippen LogP contribution in [0.15, 0.2) is 46.9 Å². The summed E-state index contributed by atoms with van der Waals surface area (Å²) in [4.78, 5) is 10.7. The van der Waals surface area contributed by atoms with Crippen LogP contribution in [0.2, 0.25) is 0 Å². The number of phenolic OH excluding ortho intramolecular Hbond substituents is 1. The topological polar surface area (TPSA) is 46.5 Å². The van der Waals surface area contributed by atoms with Crippen LogP contribution >= 0.6 is 15.9 Å². The van der Waals surface area contributed by atoms with Crippen LogP contribution in [0.5, 0.6) is 11.5 Å². The molecule has 18 heavy (non-hydrogen) atoms. The van der Waals surface area contributed by atoms with Crippen molar-refractivity contribution < 1.29 is 14.6 Å². The molecular weight excluding hydrogens is 296 g/mol. The molecular formula is C14H11BrO3. The van der Waals surface area contributed by atoms with E-state index in [1.54, 1.807) is 6.07 Å². The molecule has 0 unspecified atom stereocenters. The molecule has 0 fully saturated rings. The number of benzene rings is 2. The summed E-state index contributed by atoms with van der Waals surface area (Å²) in [5.74, 6) is 0.413. The number of carbonyl (C=O) groups excluding carboxylic acids is 1. The third kappa shape index (κ3) is 2.90. The van der Waals surface area contributed by atoms with Crippen molar-refractivity contribution in [2.24, 2.45) is 0 Å². The molecule has 0 aromatic heterocycles. The Hall–Kier alpha value is -1.81. The lowest BCUT2D eigenvalue weighted by molar-refractivity contribution is 0.112. The fourth-order valence-electron chi connectivity index (χ4n) is 1.52. The third-order valence-electron chi connectivity index (χ3n) is 2.45. The highest BCUT2D eigenvalue weighted by molar-refractivity contribution is 9.10. The van der Waals surface area contributed by atoms with Crippen LogP contribution < -0.4 is 4.74 Å². The van der Waals surface area contributed by atoms with Gasteiger partial charge in [0.05, 0.1) is 5.56 Å². The van der Waals surface area contributed by atoms with E-state index >= 15 is 0 Å². The number of carbonyl (C=O) groups is 1. The average molecular weight is 307 g/mol. The first-order chi connectivity index (χ1) is 8.70. The summed E-state index contributed by atoms with van der Waals surface area (Å²) < 4.78 is 6.06. The number of halogens is 1. The van der Waals surface area contributed by atoms with Crippen LogP contribution in [0.4, 0.5) is 0 Å². The quantitative estimate of drug-likeness (QED) is 0.879. The van der Waals surface area contributed by atoms with Crippen molar-refractivity contribution in [3.63, 3.8) is 0 Å². The van der Waals surface area contributed by atoms with Crippen molar-refractivity contribution in [1.29, 1.82) is 0 Å². The predicted molar refractivity (Wildman–Crippen MR) is 72.0 cm³/mol. The molecule has 3 nitrogen and oxygen atoms in total. The normalized spacial score (nSPS) is 10.1. The number of ether oxygens (including phenoxy) is 1. The number of rotatable bonds is 4. The molecule has 92 valence electrons. The van der Waals surface area contributed by atoms with E-state index < -0.39 is 0 Å². The maximum Gasteiger partial charge on any atom is 0.154 e. The number of phenols is 1. The molecule has 0 aliphatic heterocycles. The van der Waals surface area contributed by atoms with Crippen LogP contribution in [0, 0.1) is 0 Å². The smallest absolute Gasteiger partial charge is 0.154 e. The van der Waals surface area contributed by atoms with Crippen molar-refractivity contribution in [1.82, 2.24) is 0 Å². The van der Waals surface area contributed by atoms with Gasteiger partial charge in [-0.3, -0.25) is 4.79 Å². The summed E-state index contributed by atoms with van der Waals surface area (Å²) in [5, 5.41) is 9.63. The van der Waals surface area contributed by atoms with Crippen LogP contribution in [-0.2, 0) is 6.61 Å². The molecule has 0 bridgehead atoms. The van der Waals surface area contributed by atoms with Gasteiger partial charge in [0.1, 0.15) is 18.1 Å². The minimum Gasteiger partial charge on any atom is -0.507 e. The second-order valence-corrected chi connectivity index (χ2v) is 4.58. The zero-order chi connectivity index (χ0) is 13.0. The van der Waals surface area contributed by atoms with E-state index in [1.807, 2.05) is 30.3 Å². The molecule has 2 rings (SSSR count). The summed E-state index contributed by atoms with van der Waals surface area (Å²) in [6, 6.07) is 12.8. The van der Waals surface area contributed by atoms with Crippen molar-refractivity contribution in [2.75, 3.05) is 0 Å². The Kier molecular flexibility index (Phi) is 3.99. The molecule has 1 N–H and O–H groups in total. The fraction of sp³-hybridized carbons (Fsp3) is 0.0714. The zero-order valence-corrected chi connectivity index (χ0v) is 11.1. The van der Waals surface area contributed by atoms with Gasteiger partial charge in [-0.15, -0.1) is 0 Å². The van der Waals surface area contributed by atoms with Crippen LogP contribution in [0.25, 0.3) is 0 Å².